The fraction of sp³-hybridized carbons (Fsp3) is 0.323. The maximum absolute atomic E-state index is 13.3. The van der Waals surface area contributed by atoms with Crippen LogP contribution in [0.15, 0.2) is 71.5 Å². The first kappa shape index (κ1) is 24.0. The van der Waals surface area contributed by atoms with Crippen LogP contribution in [-0.2, 0) is 0 Å². The van der Waals surface area contributed by atoms with Gasteiger partial charge in [-0.3, -0.25) is 9.20 Å². The molecule has 174 valence electrons. The molecule has 4 rings (SSSR count). The largest absolute Gasteiger partial charge is 0.275 e. The maximum atomic E-state index is 13.3. The molecule has 0 bridgehead atoms. The Bertz CT molecular complexity index is 1440. The maximum Gasteiger partial charge on any atom is 0.255 e. The van der Waals surface area contributed by atoms with E-state index in [1.807, 2.05) is 34.7 Å². The van der Waals surface area contributed by atoms with Gasteiger partial charge in [0.1, 0.15) is 8.07 Å². The van der Waals surface area contributed by atoms with Crippen molar-refractivity contribution in [3.05, 3.63) is 88.2 Å². The van der Waals surface area contributed by atoms with Gasteiger partial charge in [-0.2, -0.15) is 0 Å². The summed E-state index contributed by atoms with van der Waals surface area (Å²) in [5, 5.41) is 2.19. The molecule has 2 aromatic heterocycles. The number of aromatic nitrogens is 1. The molecule has 3 heteroatoms. The average molecular weight is 466 g/mol. The molecule has 0 unspecified atom stereocenters. The van der Waals surface area contributed by atoms with Crippen molar-refractivity contribution in [3.63, 3.8) is 0 Å². The minimum atomic E-state index is -1.96. The molecule has 0 aliphatic heterocycles. The lowest BCUT2D eigenvalue weighted by Crippen LogP contribution is -2.43. The number of aryl methyl sites for hydroxylation is 1. The zero-order valence-electron chi connectivity index (χ0n) is 21.4. The highest BCUT2D eigenvalue weighted by molar-refractivity contribution is 6.90. The summed E-state index contributed by atoms with van der Waals surface area (Å²) in [5.41, 5.74) is 10.5. The van der Waals surface area contributed by atoms with Crippen LogP contribution in [0.5, 0.6) is 0 Å². The van der Waals surface area contributed by atoms with Gasteiger partial charge in [0.15, 0.2) is 0 Å². The summed E-state index contributed by atoms with van der Waals surface area (Å²) in [6.45, 7) is 16.1. The van der Waals surface area contributed by atoms with Crippen LogP contribution in [0.1, 0.15) is 52.7 Å². The van der Waals surface area contributed by atoms with Gasteiger partial charge in [0.05, 0.1) is 16.8 Å². The second kappa shape index (κ2) is 9.28. The van der Waals surface area contributed by atoms with Crippen LogP contribution in [-0.4, -0.2) is 12.5 Å². The van der Waals surface area contributed by atoms with Crippen molar-refractivity contribution in [3.8, 4) is 22.7 Å². The molecule has 0 fully saturated rings. The summed E-state index contributed by atoms with van der Waals surface area (Å²) >= 11 is 0. The van der Waals surface area contributed by atoms with Gasteiger partial charge < -0.3 is 0 Å². The second-order valence-electron chi connectivity index (χ2n) is 10.4. The van der Waals surface area contributed by atoms with Crippen molar-refractivity contribution in [2.75, 3.05) is 0 Å². The molecule has 0 aliphatic carbocycles. The third-order valence-electron chi connectivity index (χ3n) is 7.45. The van der Waals surface area contributed by atoms with Gasteiger partial charge in [-0.1, -0.05) is 102 Å². The zero-order chi connectivity index (χ0) is 24.6. The van der Waals surface area contributed by atoms with Crippen LogP contribution in [0.2, 0.25) is 16.6 Å². The van der Waals surface area contributed by atoms with Crippen LogP contribution < -0.4 is 5.56 Å². The van der Waals surface area contributed by atoms with Crippen molar-refractivity contribution in [1.29, 1.82) is 0 Å². The monoisotopic (exact) mass is 465 g/mol. The third kappa shape index (κ3) is 3.91. The molecule has 2 nitrogen and oxygen atoms in total. The van der Waals surface area contributed by atoms with Crippen molar-refractivity contribution < 1.29 is 0 Å². The van der Waals surface area contributed by atoms with Gasteiger partial charge >= 0.3 is 0 Å². The number of nitrogens with zero attached hydrogens (tertiary/aromatic N) is 1. The van der Waals surface area contributed by atoms with Crippen molar-refractivity contribution in [1.82, 2.24) is 4.40 Å². The van der Waals surface area contributed by atoms with Crippen LogP contribution in [0.25, 0.3) is 27.5 Å². The molecule has 2 aromatic carbocycles. The summed E-state index contributed by atoms with van der Waals surface area (Å²) in [7, 11) is -1.96. The van der Waals surface area contributed by atoms with Gasteiger partial charge in [-0.05, 0) is 41.2 Å². The van der Waals surface area contributed by atoms with E-state index in [0.29, 0.717) is 16.6 Å². The van der Waals surface area contributed by atoms with Gasteiger partial charge in [0, 0.05) is 16.8 Å². The highest BCUT2D eigenvalue weighted by atomic mass is 28.3. The summed E-state index contributed by atoms with van der Waals surface area (Å²) in [5.74, 6) is 3.73. The number of rotatable bonds is 4. The number of pyridine rings is 2. The Balaban J connectivity index is 2.23. The number of hydrogen-bond acceptors (Lipinski definition) is 1. The number of benzene rings is 2. The Morgan fingerprint density at radius 1 is 0.765 bits per heavy atom. The summed E-state index contributed by atoms with van der Waals surface area (Å²) in [6, 6.07) is 22.3. The molecule has 0 N–H and O–H groups in total. The van der Waals surface area contributed by atoms with E-state index in [1.165, 1.54) is 5.56 Å². The van der Waals surface area contributed by atoms with E-state index in [4.69, 9.17) is 0 Å². The van der Waals surface area contributed by atoms with E-state index in [2.05, 4.69) is 90.3 Å². The highest BCUT2D eigenvalue weighted by Crippen LogP contribution is 2.41. The second-order valence-corrected chi connectivity index (χ2v) is 16.0. The van der Waals surface area contributed by atoms with E-state index < -0.39 is 8.07 Å². The Morgan fingerprint density at radius 2 is 1.41 bits per heavy atom. The van der Waals surface area contributed by atoms with E-state index in [0.717, 1.165) is 33.1 Å². The molecule has 0 aliphatic rings. The minimum absolute atomic E-state index is 0.0251. The Labute approximate surface area is 204 Å². The van der Waals surface area contributed by atoms with Gasteiger partial charge in [-0.15, -0.1) is 5.54 Å². The molecule has 0 radical (unpaired) electrons. The van der Waals surface area contributed by atoms with Gasteiger partial charge in [-0.25, -0.2) is 0 Å². The van der Waals surface area contributed by atoms with E-state index in [9.17, 15) is 4.79 Å². The van der Waals surface area contributed by atoms with E-state index >= 15 is 0 Å². The smallest absolute Gasteiger partial charge is 0.255 e. The third-order valence-corrected chi connectivity index (χ3v) is 13.7. The Kier molecular flexibility index (Phi) is 6.56. The topological polar surface area (TPSA) is 21.5 Å². The molecule has 4 aromatic rings. The molecular weight excluding hydrogens is 430 g/mol. The SMILES string of the molecule is Cc1ccc2c(C#C[Si](C(C)C)(C(C)C)C(C)C)c(-c3ccccc3)n3c(=O)cccc3c2c1. The highest BCUT2D eigenvalue weighted by Gasteiger charge is 2.41. The summed E-state index contributed by atoms with van der Waals surface area (Å²) in [6.07, 6.45) is 0. The minimum Gasteiger partial charge on any atom is -0.275 e. The lowest BCUT2D eigenvalue weighted by molar-refractivity contribution is 0.838. The van der Waals surface area contributed by atoms with Crippen molar-refractivity contribution >= 4 is 24.4 Å². The molecule has 0 atom stereocenters. The predicted molar refractivity (Wildman–Crippen MR) is 149 cm³/mol. The van der Waals surface area contributed by atoms with Crippen LogP contribution in [0.4, 0.5) is 0 Å². The summed E-state index contributed by atoms with van der Waals surface area (Å²) in [4.78, 5) is 13.3. The quantitative estimate of drug-likeness (QED) is 0.170. The Morgan fingerprint density at radius 3 is 2.03 bits per heavy atom. The molecule has 0 amide bonds. The van der Waals surface area contributed by atoms with E-state index in [1.54, 1.807) is 6.07 Å². The number of fused-ring (bicyclic) bond motifs is 3. The first-order valence-electron chi connectivity index (χ1n) is 12.3. The van der Waals surface area contributed by atoms with Crippen LogP contribution in [0.3, 0.4) is 0 Å². The van der Waals surface area contributed by atoms with Crippen molar-refractivity contribution in [2.45, 2.75) is 65.1 Å². The first-order valence-corrected chi connectivity index (χ1v) is 14.6. The Hall–Kier alpha value is -3.09. The zero-order valence-corrected chi connectivity index (χ0v) is 22.4. The fourth-order valence-corrected chi connectivity index (χ4v) is 11.1. The predicted octanol–water partition coefficient (Wildman–Crippen LogP) is 8.00. The lowest BCUT2D eigenvalue weighted by atomic mass is 9.97. The van der Waals surface area contributed by atoms with Crippen molar-refractivity contribution in [2.24, 2.45) is 0 Å². The lowest BCUT2D eigenvalue weighted by Gasteiger charge is -2.38. The van der Waals surface area contributed by atoms with Gasteiger partial charge in [0.2, 0.25) is 0 Å². The molecule has 0 saturated carbocycles. The molecular formula is C31H35NOSi. The van der Waals surface area contributed by atoms with Crippen LogP contribution >= 0.6 is 0 Å². The molecule has 2 heterocycles. The van der Waals surface area contributed by atoms with Crippen LogP contribution in [0, 0.1) is 18.4 Å². The normalized spacial score (nSPS) is 12.1. The van der Waals surface area contributed by atoms with Gasteiger partial charge in [0.25, 0.3) is 5.56 Å². The first-order chi connectivity index (χ1) is 16.2. The standard InChI is InChI=1S/C31H35NOSi/c1-21(2)34(22(3)4,23(5)6)19-18-27-26-17-16-24(7)20-28(26)29-14-11-15-30(33)32(29)31(27)25-12-9-8-10-13-25/h8-17,20-23H,1-7H3. The summed E-state index contributed by atoms with van der Waals surface area (Å²) < 4.78 is 1.87. The van der Waals surface area contributed by atoms with E-state index in [-0.39, 0.29) is 5.56 Å². The fourth-order valence-electron chi connectivity index (χ4n) is 5.86. The average Bonchev–Trinajstić information content (AvgIpc) is 2.79. The molecule has 0 saturated heterocycles. The molecule has 0 spiro atoms. The molecule has 34 heavy (non-hydrogen) atoms. The number of hydrogen-bond donors (Lipinski definition) is 0.